The van der Waals surface area contributed by atoms with Crippen LogP contribution in [0.5, 0.6) is 0 Å². The number of benzene rings is 1. The first-order chi connectivity index (χ1) is 8.11. The molecule has 0 unspecified atom stereocenters. The van der Waals surface area contributed by atoms with Crippen LogP contribution >= 0.6 is 0 Å². The second-order valence-corrected chi connectivity index (χ2v) is 3.80. The standard InChI is InChI=1S/C14H16O3/c1-11(15)10-13-8-6-12(7-9-13)4-3-5-14(16)17-2/h3-4,6-9H,5,10H2,1-2H3. The molecule has 0 heterocycles. The fourth-order valence-corrected chi connectivity index (χ4v) is 1.41. The van der Waals surface area contributed by atoms with Crippen molar-refractivity contribution in [1.29, 1.82) is 0 Å². The molecule has 0 saturated carbocycles. The monoisotopic (exact) mass is 232 g/mol. The van der Waals surface area contributed by atoms with Crippen molar-refractivity contribution in [2.75, 3.05) is 7.11 Å². The number of carbonyl (C=O) groups excluding carboxylic acids is 2. The number of methoxy groups -OCH3 is 1. The second-order valence-electron chi connectivity index (χ2n) is 3.80. The first-order valence-corrected chi connectivity index (χ1v) is 5.43. The average molecular weight is 232 g/mol. The van der Waals surface area contributed by atoms with Gasteiger partial charge in [-0.05, 0) is 18.1 Å². The summed E-state index contributed by atoms with van der Waals surface area (Å²) in [4.78, 5) is 21.8. The Morgan fingerprint density at radius 3 is 2.41 bits per heavy atom. The van der Waals surface area contributed by atoms with Crippen molar-refractivity contribution in [3.63, 3.8) is 0 Å². The third-order valence-electron chi connectivity index (χ3n) is 2.26. The van der Waals surface area contributed by atoms with E-state index in [0.29, 0.717) is 6.42 Å². The normalized spacial score (nSPS) is 10.5. The van der Waals surface area contributed by atoms with Gasteiger partial charge in [0.25, 0.3) is 0 Å². The summed E-state index contributed by atoms with van der Waals surface area (Å²) in [5.41, 5.74) is 2.00. The highest BCUT2D eigenvalue weighted by atomic mass is 16.5. The van der Waals surface area contributed by atoms with Gasteiger partial charge >= 0.3 is 5.97 Å². The lowest BCUT2D eigenvalue weighted by Gasteiger charge is -1.98. The van der Waals surface area contributed by atoms with E-state index in [1.807, 2.05) is 30.3 Å². The molecule has 0 aliphatic carbocycles. The average Bonchev–Trinajstić information content (AvgIpc) is 2.30. The SMILES string of the molecule is COC(=O)CC=Cc1ccc(CC(C)=O)cc1. The van der Waals surface area contributed by atoms with Crippen molar-refractivity contribution < 1.29 is 14.3 Å². The molecule has 0 aliphatic heterocycles. The van der Waals surface area contributed by atoms with Crippen LogP contribution in [0.15, 0.2) is 30.3 Å². The van der Waals surface area contributed by atoms with Crippen molar-refractivity contribution in [2.45, 2.75) is 19.8 Å². The summed E-state index contributed by atoms with van der Waals surface area (Å²) in [7, 11) is 1.37. The van der Waals surface area contributed by atoms with E-state index in [9.17, 15) is 9.59 Å². The van der Waals surface area contributed by atoms with Gasteiger partial charge in [-0.2, -0.15) is 0 Å². The largest absolute Gasteiger partial charge is 0.469 e. The number of carbonyl (C=O) groups is 2. The molecule has 3 heteroatoms. The number of rotatable bonds is 5. The van der Waals surface area contributed by atoms with Crippen molar-refractivity contribution >= 4 is 17.8 Å². The van der Waals surface area contributed by atoms with Crippen LogP contribution in [0, 0.1) is 0 Å². The zero-order valence-electron chi connectivity index (χ0n) is 10.1. The van der Waals surface area contributed by atoms with Crippen LogP contribution in [0.25, 0.3) is 6.08 Å². The molecule has 90 valence electrons. The predicted molar refractivity (Wildman–Crippen MR) is 66.5 cm³/mol. The molecule has 0 atom stereocenters. The first-order valence-electron chi connectivity index (χ1n) is 5.43. The third kappa shape index (κ3) is 5.11. The van der Waals surface area contributed by atoms with E-state index in [-0.39, 0.29) is 18.2 Å². The Bertz CT molecular complexity index is 416. The molecular formula is C14H16O3. The molecule has 1 aromatic rings. The smallest absolute Gasteiger partial charge is 0.309 e. The zero-order valence-corrected chi connectivity index (χ0v) is 10.1. The first kappa shape index (κ1) is 13.2. The molecule has 0 bridgehead atoms. The quantitative estimate of drug-likeness (QED) is 0.732. The van der Waals surface area contributed by atoms with Gasteiger partial charge in [0.1, 0.15) is 5.78 Å². The second kappa shape index (κ2) is 6.63. The summed E-state index contributed by atoms with van der Waals surface area (Å²) in [6.07, 6.45) is 4.35. The van der Waals surface area contributed by atoms with Gasteiger partial charge in [0, 0.05) is 6.42 Å². The van der Waals surface area contributed by atoms with E-state index < -0.39 is 0 Å². The van der Waals surface area contributed by atoms with Crippen molar-refractivity contribution in [3.05, 3.63) is 41.5 Å². The van der Waals surface area contributed by atoms with E-state index in [1.165, 1.54) is 7.11 Å². The summed E-state index contributed by atoms with van der Waals surface area (Å²) in [5.74, 6) is -0.103. The molecule has 0 N–H and O–H groups in total. The van der Waals surface area contributed by atoms with Gasteiger partial charge < -0.3 is 4.74 Å². The molecule has 3 nitrogen and oxygen atoms in total. The highest BCUT2D eigenvalue weighted by molar-refractivity contribution is 5.78. The van der Waals surface area contributed by atoms with Gasteiger partial charge in [-0.3, -0.25) is 9.59 Å². The number of Topliss-reactive ketones (excluding diaryl/α,β-unsaturated/α-hetero) is 1. The topological polar surface area (TPSA) is 43.4 Å². The van der Waals surface area contributed by atoms with Crippen LogP contribution in [0.4, 0.5) is 0 Å². The third-order valence-corrected chi connectivity index (χ3v) is 2.26. The maximum atomic E-state index is 10.9. The van der Waals surface area contributed by atoms with Gasteiger partial charge in [0.2, 0.25) is 0 Å². The molecule has 0 saturated heterocycles. The fraction of sp³-hybridized carbons (Fsp3) is 0.286. The van der Waals surface area contributed by atoms with Gasteiger partial charge in [-0.25, -0.2) is 0 Å². The van der Waals surface area contributed by atoms with E-state index in [1.54, 1.807) is 13.0 Å². The summed E-state index contributed by atoms with van der Waals surface area (Å²) in [6.45, 7) is 1.57. The Hall–Kier alpha value is -1.90. The van der Waals surface area contributed by atoms with Crippen LogP contribution in [0.1, 0.15) is 24.5 Å². The lowest BCUT2D eigenvalue weighted by atomic mass is 10.1. The molecule has 0 fully saturated rings. The Labute approximate surface area is 101 Å². The molecular weight excluding hydrogens is 216 g/mol. The molecule has 1 rings (SSSR count). The Balaban J connectivity index is 2.56. The number of hydrogen-bond donors (Lipinski definition) is 0. The molecule has 17 heavy (non-hydrogen) atoms. The highest BCUT2D eigenvalue weighted by Crippen LogP contribution is 2.07. The van der Waals surface area contributed by atoms with Crippen LogP contribution in [-0.2, 0) is 20.7 Å². The van der Waals surface area contributed by atoms with E-state index in [4.69, 9.17) is 0 Å². The Morgan fingerprint density at radius 1 is 1.24 bits per heavy atom. The summed E-state index contributed by atoms with van der Waals surface area (Å²) in [5, 5.41) is 0. The van der Waals surface area contributed by atoms with Gasteiger partial charge in [-0.15, -0.1) is 0 Å². The minimum absolute atomic E-state index is 0.152. The van der Waals surface area contributed by atoms with Gasteiger partial charge in [0.15, 0.2) is 0 Å². The minimum Gasteiger partial charge on any atom is -0.469 e. The van der Waals surface area contributed by atoms with Crippen molar-refractivity contribution in [2.24, 2.45) is 0 Å². The molecule has 0 amide bonds. The van der Waals surface area contributed by atoms with Crippen molar-refractivity contribution in [3.8, 4) is 0 Å². The van der Waals surface area contributed by atoms with E-state index in [0.717, 1.165) is 11.1 Å². The zero-order chi connectivity index (χ0) is 12.7. The number of esters is 1. The fourth-order valence-electron chi connectivity index (χ4n) is 1.41. The number of hydrogen-bond acceptors (Lipinski definition) is 3. The predicted octanol–water partition coefficient (Wildman–Crippen LogP) is 2.39. The lowest BCUT2D eigenvalue weighted by Crippen LogP contribution is -1.96. The van der Waals surface area contributed by atoms with E-state index in [2.05, 4.69) is 4.74 Å². The molecule has 0 spiro atoms. The number of ketones is 1. The maximum Gasteiger partial charge on any atom is 0.309 e. The van der Waals surface area contributed by atoms with Gasteiger partial charge in [-0.1, -0.05) is 36.4 Å². The Morgan fingerprint density at radius 2 is 1.88 bits per heavy atom. The molecule has 0 aliphatic rings. The Kier molecular flexibility index (Phi) is 5.14. The summed E-state index contributed by atoms with van der Waals surface area (Å²) < 4.78 is 4.52. The summed E-state index contributed by atoms with van der Waals surface area (Å²) >= 11 is 0. The lowest BCUT2D eigenvalue weighted by molar-refractivity contribution is -0.139. The molecule has 1 aromatic carbocycles. The van der Waals surface area contributed by atoms with Crippen LogP contribution < -0.4 is 0 Å². The van der Waals surface area contributed by atoms with Gasteiger partial charge in [0.05, 0.1) is 13.5 Å². The summed E-state index contributed by atoms with van der Waals surface area (Å²) in [6, 6.07) is 7.68. The minimum atomic E-state index is -0.255. The van der Waals surface area contributed by atoms with Crippen LogP contribution in [0.3, 0.4) is 0 Å². The maximum absolute atomic E-state index is 10.9. The molecule has 0 aromatic heterocycles. The van der Waals surface area contributed by atoms with Crippen LogP contribution in [0.2, 0.25) is 0 Å². The van der Waals surface area contributed by atoms with Crippen molar-refractivity contribution in [1.82, 2.24) is 0 Å². The highest BCUT2D eigenvalue weighted by Gasteiger charge is 1.97. The van der Waals surface area contributed by atoms with Crippen LogP contribution in [-0.4, -0.2) is 18.9 Å². The molecule has 0 radical (unpaired) electrons. The number of ether oxygens (including phenoxy) is 1. The van der Waals surface area contributed by atoms with E-state index >= 15 is 0 Å².